The minimum absolute atomic E-state index is 0.117. The van der Waals surface area contributed by atoms with Gasteiger partial charge >= 0.3 is 6.09 Å². The highest BCUT2D eigenvalue weighted by Crippen LogP contribution is 2.18. The molecule has 1 heterocycles. The predicted molar refractivity (Wildman–Crippen MR) is 74.2 cm³/mol. The molecule has 0 bridgehead atoms. The van der Waals surface area contributed by atoms with Crippen molar-refractivity contribution < 1.29 is 9.53 Å². The number of aromatic nitrogens is 2. The molecule has 0 saturated carbocycles. The van der Waals surface area contributed by atoms with Gasteiger partial charge in [-0.25, -0.2) is 4.79 Å². The van der Waals surface area contributed by atoms with E-state index in [2.05, 4.69) is 15.5 Å². The summed E-state index contributed by atoms with van der Waals surface area (Å²) in [5.41, 5.74) is 3.35. The Kier molecular flexibility index (Phi) is 3.67. The fraction of sp³-hybridized carbons (Fsp3) is 0.333. The molecule has 0 fully saturated rings. The van der Waals surface area contributed by atoms with Gasteiger partial charge < -0.3 is 10.1 Å². The van der Waals surface area contributed by atoms with Crippen LogP contribution in [0.25, 0.3) is 0 Å². The normalized spacial score (nSPS) is 17.3. The third-order valence-corrected chi connectivity index (χ3v) is 3.55. The molecule has 0 spiro atoms. The average Bonchev–Trinajstić information content (AvgIpc) is 2.94. The molecular weight excluding hydrogens is 254 g/mol. The number of nitrogens with zero attached hydrogens (tertiary/aromatic N) is 1. The molecule has 3 rings (SSSR count). The van der Waals surface area contributed by atoms with Crippen molar-refractivity contribution in [2.45, 2.75) is 31.9 Å². The number of hydrogen-bond acceptors (Lipinski definition) is 3. The summed E-state index contributed by atoms with van der Waals surface area (Å²) in [4.78, 5) is 11.8. The first-order valence-corrected chi connectivity index (χ1v) is 6.79. The van der Waals surface area contributed by atoms with Gasteiger partial charge in [-0.15, -0.1) is 0 Å². The van der Waals surface area contributed by atoms with E-state index in [-0.39, 0.29) is 12.1 Å². The molecule has 104 valence electrons. The van der Waals surface area contributed by atoms with Crippen LogP contribution in [-0.2, 0) is 24.2 Å². The number of aryl methyl sites for hydroxylation is 1. The lowest BCUT2D eigenvalue weighted by Gasteiger charge is -2.22. The first-order chi connectivity index (χ1) is 9.81. The maximum atomic E-state index is 11.8. The zero-order valence-corrected chi connectivity index (χ0v) is 11.1. The highest BCUT2D eigenvalue weighted by molar-refractivity contribution is 5.67. The third kappa shape index (κ3) is 2.99. The molecule has 1 amide bonds. The summed E-state index contributed by atoms with van der Waals surface area (Å²) in [7, 11) is 0. The Labute approximate surface area is 117 Å². The number of benzene rings is 1. The van der Waals surface area contributed by atoms with Crippen LogP contribution >= 0.6 is 0 Å². The third-order valence-electron chi connectivity index (χ3n) is 3.55. The number of aromatic amines is 1. The summed E-state index contributed by atoms with van der Waals surface area (Å²) in [5.74, 6) is 0. The monoisotopic (exact) mass is 271 g/mol. The summed E-state index contributed by atoms with van der Waals surface area (Å²) in [6.07, 6.45) is 4.15. The van der Waals surface area contributed by atoms with Crippen molar-refractivity contribution in [1.82, 2.24) is 15.5 Å². The molecule has 1 aromatic carbocycles. The smallest absolute Gasteiger partial charge is 0.407 e. The lowest BCUT2D eigenvalue weighted by atomic mass is 9.94. The van der Waals surface area contributed by atoms with Crippen LogP contribution in [0.2, 0.25) is 0 Å². The molecule has 1 atom stereocenters. The van der Waals surface area contributed by atoms with E-state index in [1.807, 2.05) is 36.5 Å². The van der Waals surface area contributed by atoms with E-state index in [1.54, 1.807) is 0 Å². The van der Waals surface area contributed by atoms with Gasteiger partial charge in [-0.05, 0) is 24.0 Å². The number of ether oxygens (including phenoxy) is 1. The largest absolute Gasteiger partial charge is 0.445 e. The van der Waals surface area contributed by atoms with Gasteiger partial charge in [0.25, 0.3) is 0 Å². The number of carbonyl (C=O) groups excluding carboxylic acids is 1. The Morgan fingerprint density at radius 1 is 1.40 bits per heavy atom. The van der Waals surface area contributed by atoms with Gasteiger partial charge in [0.2, 0.25) is 0 Å². The first-order valence-electron chi connectivity index (χ1n) is 6.79. The molecule has 1 unspecified atom stereocenters. The standard InChI is InChI=1S/C15H17N3O2/c19-15(20-10-11-4-2-1-3-5-11)17-13-7-6-12-9-16-18-14(12)8-13/h1-5,9,13H,6-8,10H2,(H,16,18)(H,17,19). The number of alkyl carbamates (subject to hydrolysis) is 1. The average molecular weight is 271 g/mol. The minimum Gasteiger partial charge on any atom is -0.445 e. The van der Waals surface area contributed by atoms with Crippen LogP contribution < -0.4 is 5.32 Å². The summed E-state index contributed by atoms with van der Waals surface area (Å²) in [5, 5.41) is 9.91. The molecule has 0 radical (unpaired) electrons. The van der Waals surface area contributed by atoms with Crippen molar-refractivity contribution in [1.29, 1.82) is 0 Å². The van der Waals surface area contributed by atoms with E-state index in [1.165, 1.54) is 5.56 Å². The van der Waals surface area contributed by atoms with E-state index in [4.69, 9.17) is 4.74 Å². The number of H-pyrrole nitrogens is 1. The Morgan fingerprint density at radius 3 is 3.10 bits per heavy atom. The quantitative estimate of drug-likeness (QED) is 0.899. The molecular formula is C15H17N3O2. The Hall–Kier alpha value is -2.30. The van der Waals surface area contributed by atoms with Crippen molar-refractivity contribution in [2.24, 2.45) is 0 Å². The lowest BCUT2D eigenvalue weighted by Crippen LogP contribution is -2.39. The molecule has 2 aromatic rings. The van der Waals surface area contributed by atoms with Crippen LogP contribution in [0.1, 0.15) is 23.2 Å². The van der Waals surface area contributed by atoms with E-state index in [0.717, 1.165) is 30.5 Å². The zero-order chi connectivity index (χ0) is 13.8. The molecule has 5 heteroatoms. The van der Waals surface area contributed by atoms with E-state index in [9.17, 15) is 4.79 Å². The minimum atomic E-state index is -0.359. The Bertz CT molecular complexity index is 580. The van der Waals surface area contributed by atoms with Crippen LogP contribution in [-0.4, -0.2) is 22.3 Å². The van der Waals surface area contributed by atoms with E-state index in [0.29, 0.717) is 6.61 Å². The lowest BCUT2D eigenvalue weighted by molar-refractivity contribution is 0.134. The maximum absolute atomic E-state index is 11.8. The van der Waals surface area contributed by atoms with Crippen molar-refractivity contribution in [3.8, 4) is 0 Å². The topological polar surface area (TPSA) is 67.0 Å². The van der Waals surface area contributed by atoms with E-state index >= 15 is 0 Å². The highest BCUT2D eigenvalue weighted by atomic mass is 16.5. The van der Waals surface area contributed by atoms with Crippen LogP contribution in [0, 0.1) is 0 Å². The second-order valence-corrected chi connectivity index (χ2v) is 5.02. The molecule has 0 saturated heterocycles. The fourth-order valence-corrected chi connectivity index (χ4v) is 2.46. The van der Waals surface area contributed by atoms with Gasteiger partial charge in [0, 0.05) is 18.2 Å². The molecule has 5 nitrogen and oxygen atoms in total. The number of carbonyl (C=O) groups is 1. The molecule has 20 heavy (non-hydrogen) atoms. The van der Waals surface area contributed by atoms with Gasteiger partial charge in [0.05, 0.1) is 6.20 Å². The van der Waals surface area contributed by atoms with Crippen LogP contribution in [0.3, 0.4) is 0 Å². The van der Waals surface area contributed by atoms with Crippen LogP contribution in [0.5, 0.6) is 0 Å². The summed E-state index contributed by atoms with van der Waals surface area (Å²) < 4.78 is 5.22. The van der Waals surface area contributed by atoms with Crippen molar-refractivity contribution in [2.75, 3.05) is 0 Å². The van der Waals surface area contributed by atoms with Crippen molar-refractivity contribution in [3.63, 3.8) is 0 Å². The van der Waals surface area contributed by atoms with E-state index < -0.39 is 0 Å². The second-order valence-electron chi connectivity index (χ2n) is 5.02. The Balaban J connectivity index is 1.48. The number of fused-ring (bicyclic) bond motifs is 1. The second kappa shape index (κ2) is 5.77. The Morgan fingerprint density at radius 2 is 2.25 bits per heavy atom. The van der Waals surface area contributed by atoms with Crippen molar-refractivity contribution >= 4 is 6.09 Å². The van der Waals surface area contributed by atoms with Crippen LogP contribution in [0.4, 0.5) is 4.79 Å². The maximum Gasteiger partial charge on any atom is 0.407 e. The molecule has 0 aliphatic heterocycles. The first kappa shape index (κ1) is 12.7. The number of amides is 1. The van der Waals surface area contributed by atoms with Gasteiger partial charge in [-0.3, -0.25) is 5.10 Å². The summed E-state index contributed by atoms with van der Waals surface area (Å²) in [6, 6.07) is 9.78. The summed E-state index contributed by atoms with van der Waals surface area (Å²) in [6.45, 7) is 0.300. The predicted octanol–water partition coefficient (Wildman–Crippen LogP) is 2.19. The zero-order valence-electron chi connectivity index (χ0n) is 11.1. The number of nitrogens with one attached hydrogen (secondary N) is 2. The molecule has 2 N–H and O–H groups in total. The molecule has 1 aliphatic carbocycles. The SMILES string of the molecule is O=C(NC1CCc2cn[nH]c2C1)OCc1ccccc1. The number of rotatable bonds is 3. The highest BCUT2D eigenvalue weighted by Gasteiger charge is 2.21. The fourth-order valence-electron chi connectivity index (χ4n) is 2.46. The summed E-state index contributed by atoms with van der Waals surface area (Å²) >= 11 is 0. The van der Waals surface area contributed by atoms with Gasteiger partial charge in [-0.1, -0.05) is 30.3 Å². The molecule has 1 aliphatic rings. The van der Waals surface area contributed by atoms with Crippen molar-refractivity contribution in [3.05, 3.63) is 53.3 Å². The van der Waals surface area contributed by atoms with Gasteiger partial charge in [-0.2, -0.15) is 5.10 Å². The number of hydrogen-bond donors (Lipinski definition) is 2. The molecule has 1 aromatic heterocycles. The van der Waals surface area contributed by atoms with Gasteiger partial charge in [0.15, 0.2) is 0 Å². The van der Waals surface area contributed by atoms with Gasteiger partial charge in [0.1, 0.15) is 6.61 Å². The van der Waals surface area contributed by atoms with Crippen LogP contribution in [0.15, 0.2) is 36.5 Å².